The van der Waals surface area contributed by atoms with Gasteiger partial charge in [0.1, 0.15) is 0 Å². The summed E-state index contributed by atoms with van der Waals surface area (Å²) in [5, 5.41) is 0.912. The zero-order valence-electron chi connectivity index (χ0n) is 13.7. The van der Waals surface area contributed by atoms with Gasteiger partial charge in [-0.15, -0.1) is 0 Å². The van der Waals surface area contributed by atoms with E-state index in [-0.39, 0.29) is 12.3 Å². The van der Waals surface area contributed by atoms with Gasteiger partial charge in [-0.05, 0) is 37.1 Å². The summed E-state index contributed by atoms with van der Waals surface area (Å²) in [7, 11) is 1.57. The highest BCUT2D eigenvalue weighted by molar-refractivity contribution is 5.98. The van der Waals surface area contributed by atoms with Crippen molar-refractivity contribution in [1.82, 2.24) is 9.88 Å². The summed E-state index contributed by atoms with van der Waals surface area (Å²) < 4.78 is 5.30. The Hall–Kier alpha value is -2.47. The van der Waals surface area contributed by atoms with Gasteiger partial charge in [0, 0.05) is 30.8 Å². The van der Waals surface area contributed by atoms with Crippen molar-refractivity contribution in [2.75, 3.05) is 20.3 Å². The highest BCUT2D eigenvalue weighted by Gasteiger charge is 2.45. The molecule has 0 radical (unpaired) electrons. The monoisotopic (exact) mass is 327 g/mol. The molecule has 0 bridgehead atoms. The number of hydrogen-bond donors (Lipinski definition) is 1. The van der Waals surface area contributed by atoms with E-state index in [1.165, 1.54) is 0 Å². The van der Waals surface area contributed by atoms with Crippen LogP contribution in [0.3, 0.4) is 0 Å². The molecule has 1 aromatic carbocycles. The molecule has 2 N–H and O–H groups in total. The number of primary amides is 1. The molecule has 2 heterocycles. The number of carbonyl (C=O) groups excluding carboxylic acids is 2. The molecule has 0 unspecified atom stereocenters. The summed E-state index contributed by atoms with van der Waals surface area (Å²) in [6, 6.07) is 9.22. The lowest BCUT2D eigenvalue weighted by molar-refractivity contribution is -0.121. The predicted octanol–water partition coefficient (Wildman–Crippen LogP) is 1.73. The summed E-state index contributed by atoms with van der Waals surface area (Å²) in [5.41, 5.74) is 6.20. The molecule has 1 fully saturated rings. The SMILES string of the molecule is COC[C@@]1(CC(N)=O)CCCN1C(=O)c1ccc2ncccc2c1. The second kappa shape index (κ2) is 6.57. The molecule has 2 aromatic rings. The molecule has 0 spiro atoms. The second-order valence-corrected chi connectivity index (χ2v) is 6.27. The van der Waals surface area contributed by atoms with E-state index in [0.717, 1.165) is 17.3 Å². The maximum Gasteiger partial charge on any atom is 0.254 e. The smallest absolute Gasteiger partial charge is 0.254 e. The van der Waals surface area contributed by atoms with Crippen molar-refractivity contribution in [3.05, 3.63) is 42.1 Å². The van der Waals surface area contributed by atoms with Crippen LogP contribution in [0, 0.1) is 0 Å². The summed E-state index contributed by atoms with van der Waals surface area (Å²) in [6.07, 6.45) is 3.38. The van der Waals surface area contributed by atoms with Crippen LogP contribution in [0.25, 0.3) is 10.9 Å². The van der Waals surface area contributed by atoms with Gasteiger partial charge in [-0.2, -0.15) is 0 Å². The Morgan fingerprint density at radius 2 is 2.21 bits per heavy atom. The van der Waals surface area contributed by atoms with Crippen molar-refractivity contribution in [2.24, 2.45) is 5.73 Å². The quantitative estimate of drug-likeness (QED) is 0.906. The number of hydrogen-bond acceptors (Lipinski definition) is 4. The Bertz CT molecular complexity index is 777. The number of rotatable bonds is 5. The molecule has 0 aliphatic carbocycles. The zero-order valence-corrected chi connectivity index (χ0v) is 13.7. The number of nitrogens with two attached hydrogens (primary N) is 1. The van der Waals surface area contributed by atoms with E-state index in [0.29, 0.717) is 25.1 Å². The van der Waals surface area contributed by atoms with Crippen molar-refractivity contribution in [1.29, 1.82) is 0 Å². The van der Waals surface area contributed by atoms with Crippen LogP contribution in [0.5, 0.6) is 0 Å². The summed E-state index contributed by atoms with van der Waals surface area (Å²) >= 11 is 0. The van der Waals surface area contributed by atoms with Crippen LogP contribution >= 0.6 is 0 Å². The third-order valence-corrected chi connectivity index (χ3v) is 4.61. The van der Waals surface area contributed by atoms with Gasteiger partial charge < -0.3 is 15.4 Å². The average Bonchev–Trinajstić information content (AvgIpc) is 2.96. The van der Waals surface area contributed by atoms with Crippen LogP contribution in [0.4, 0.5) is 0 Å². The van der Waals surface area contributed by atoms with Crippen molar-refractivity contribution >= 4 is 22.7 Å². The minimum Gasteiger partial charge on any atom is -0.382 e. The molecule has 1 saturated heterocycles. The van der Waals surface area contributed by atoms with E-state index in [9.17, 15) is 9.59 Å². The normalized spacial score (nSPS) is 20.5. The van der Waals surface area contributed by atoms with Gasteiger partial charge in [0.25, 0.3) is 5.91 Å². The number of pyridine rings is 1. The van der Waals surface area contributed by atoms with Gasteiger partial charge in [-0.3, -0.25) is 14.6 Å². The van der Waals surface area contributed by atoms with Gasteiger partial charge in [-0.1, -0.05) is 6.07 Å². The van der Waals surface area contributed by atoms with Crippen LogP contribution in [-0.2, 0) is 9.53 Å². The van der Waals surface area contributed by atoms with Gasteiger partial charge in [-0.25, -0.2) is 0 Å². The molecule has 24 heavy (non-hydrogen) atoms. The van der Waals surface area contributed by atoms with Gasteiger partial charge in [0.05, 0.1) is 24.1 Å². The predicted molar refractivity (Wildman–Crippen MR) is 90.4 cm³/mol. The first-order valence-corrected chi connectivity index (χ1v) is 8.00. The molecule has 1 aliphatic rings. The Morgan fingerprint density at radius 1 is 1.38 bits per heavy atom. The number of aromatic nitrogens is 1. The molecule has 0 saturated carbocycles. The Morgan fingerprint density at radius 3 is 2.96 bits per heavy atom. The fourth-order valence-corrected chi connectivity index (χ4v) is 3.60. The number of methoxy groups -OCH3 is 1. The minimum atomic E-state index is -0.651. The molecule has 6 nitrogen and oxygen atoms in total. The minimum absolute atomic E-state index is 0.100. The number of likely N-dealkylation sites (tertiary alicyclic amines) is 1. The first kappa shape index (κ1) is 16.4. The number of benzene rings is 1. The maximum atomic E-state index is 13.1. The fraction of sp³-hybridized carbons (Fsp3) is 0.389. The van der Waals surface area contributed by atoms with Crippen LogP contribution in [0.15, 0.2) is 36.5 Å². The third kappa shape index (κ3) is 2.97. The van der Waals surface area contributed by atoms with E-state index < -0.39 is 11.4 Å². The van der Waals surface area contributed by atoms with E-state index >= 15 is 0 Å². The van der Waals surface area contributed by atoms with Crippen molar-refractivity contribution in [2.45, 2.75) is 24.8 Å². The average molecular weight is 327 g/mol. The number of nitrogens with zero attached hydrogens (tertiary/aromatic N) is 2. The van der Waals surface area contributed by atoms with Crippen molar-refractivity contribution < 1.29 is 14.3 Å². The first-order valence-electron chi connectivity index (χ1n) is 8.00. The highest BCUT2D eigenvalue weighted by Crippen LogP contribution is 2.34. The fourth-order valence-electron chi connectivity index (χ4n) is 3.60. The van der Waals surface area contributed by atoms with E-state index in [1.807, 2.05) is 24.3 Å². The van der Waals surface area contributed by atoms with Crippen molar-refractivity contribution in [3.8, 4) is 0 Å². The largest absolute Gasteiger partial charge is 0.382 e. The standard InChI is InChI=1S/C18H21N3O3/c1-24-12-18(11-16(19)22)7-3-9-21(18)17(23)14-5-6-15-13(10-14)4-2-8-20-15/h2,4-6,8,10H,3,7,9,11-12H2,1H3,(H2,19,22)/t18-/m0/s1. The lowest BCUT2D eigenvalue weighted by Gasteiger charge is -2.37. The molecular weight excluding hydrogens is 306 g/mol. The van der Waals surface area contributed by atoms with E-state index in [1.54, 1.807) is 24.3 Å². The lowest BCUT2D eigenvalue weighted by Crippen LogP contribution is -2.52. The Kier molecular flexibility index (Phi) is 4.49. The van der Waals surface area contributed by atoms with E-state index in [2.05, 4.69) is 4.98 Å². The zero-order chi connectivity index (χ0) is 17.2. The summed E-state index contributed by atoms with van der Waals surface area (Å²) in [5.74, 6) is -0.522. The van der Waals surface area contributed by atoms with Gasteiger partial charge in [0.2, 0.25) is 5.91 Å². The molecule has 1 atom stereocenters. The van der Waals surface area contributed by atoms with Crippen LogP contribution in [-0.4, -0.2) is 47.5 Å². The Labute approximate surface area is 140 Å². The maximum absolute atomic E-state index is 13.1. The Balaban J connectivity index is 1.94. The van der Waals surface area contributed by atoms with Crippen molar-refractivity contribution in [3.63, 3.8) is 0 Å². The van der Waals surface area contributed by atoms with Crippen LogP contribution in [0.2, 0.25) is 0 Å². The summed E-state index contributed by atoms with van der Waals surface area (Å²) in [6.45, 7) is 0.900. The first-order chi connectivity index (χ1) is 11.6. The number of ether oxygens (including phenoxy) is 1. The third-order valence-electron chi connectivity index (χ3n) is 4.61. The molecule has 3 rings (SSSR count). The molecule has 126 valence electrons. The molecular formula is C18H21N3O3. The van der Waals surface area contributed by atoms with Crippen LogP contribution < -0.4 is 5.73 Å². The number of carbonyl (C=O) groups is 2. The molecule has 1 aromatic heterocycles. The lowest BCUT2D eigenvalue weighted by atomic mass is 9.91. The topological polar surface area (TPSA) is 85.5 Å². The molecule has 6 heteroatoms. The van der Waals surface area contributed by atoms with E-state index in [4.69, 9.17) is 10.5 Å². The summed E-state index contributed by atoms with van der Waals surface area (Å²) in [4.78, 5) is 30.6. The highest BCUT2D eigenvalue weighted by atomic mass is 16.5. The number of fused-ring (bicyclic) bond motifs is 1. The van der Waals surface area contributed by atoms with Gasteiger partial charge >= 0.3 is 0 Å². The second-order valence-electron chi connectivity index (χ2n) is 6.27. The van der Waals surface area contributed by atoms with Crippen LogP contribution in [0.1, 0.15) is 29.6 Å². The van der Waals surface area contributed by atoms with Gasteiger partial charge in [0.15, 0.2) is 0 Å². The molecule has 1 aliphatic heterocycles. The molecule has 2 amide bonds. The number of amides is 2.